The number of rotatable bonds is 7. The number of hydrogen-bond donors (Lipinski definition) is 1. The van der Waals surface area contributed by atoms with Gasteiger partial charge in [-0.2, -0.15) is 16.4 Å². The van der Waals surface area contributed by atoms with Crippen LogP contribution in [-0.2, 0) is 13.5 Å². The summed E-state index contributed by atoms with van der Waals surface area (Å²) < 4.78 is 1.99. The highest BCUT2D eigenvalue weighted by molar-refractivity contribution is 7.07. The lowest BCUT2D eigenvalue weighted by molar-refractivity contribution is 0.499. The van der Waals surface area contributed by atoms with Crippen LogP contribution < -0.4 is 5.32 Å². The second-order valence-electron chi connectivity index (χ2n) is 5.38. The van der Waals surface area contributed by atoms with E-state index in [0.29, 0.717) is 6.04 Å². The normalized spacial score (nSPS) is 12.8. The van der Waals surface area contributed by atoms with Gasteiger partial charge in [0, 0.05) is 18.8 Å². The van der Waals surface area contributed by atoms with E-state index < -0.39 is 0 Å². The van der Waals surface area contributed by atoms with Crippen LogP contribution in [0.4, 0.5) is 0 Å². The van der Waals surface area contributed by atoms with Crippen LogP contribution in [0.15, 0.2) is 16.8 Å². The summed E-state index contributed by atoms with van der Waals surface area (Å²) in [6.45, 7) is 7.56. The fraction of sp³-hybridized carbons (Fsp3) is 0.562. The van der Waals surface area contributed by atoms with Gasteiger partial charge in [-0.15, -0.1) is 0 Å². The molecule has 0 aliphatic carbocycles. The molecule has 1 atom stereocenters. The Hall–Kier alpha value is -1.13. The second-order valence-corrected chi connectivity index (χ2v) is 6.16. The Morgan fingerprint density at radius 1 is 1.40 bits per heavy atom. The van der Waals surface area contributed by atoms with Gasteiger partial charge in [0.15, 0.2) is 0 Å². The van der Waals surface area contributed by atoms with Crippen LogP contribution in [0.3, 0.4) is 0 Å². The number of thiophene rings is 1. The minimum atomic E-state index is 0.459. The van der Waals surface area contributed by atoms with Crippen molar-refractivity contribution < 1.29 is 0 Å². The third-order valence-electron chi connectivity index (χ3n) is 3.93. The molecule has 1 N–H and O–H groups in total. The molecule has 0 amide bonds. The molecule has 0 aliphatic heterocycles. The molecule has 3 nitrogen and oxygen atoms in total. The van der Waals surface area contributed by atoms with E-state index in [4.69, 9.17) is 0 Å². The topological polar surface area (TPSA) is 29.9 Å². The van der Waals surface area contributed by atoms with Crippen molar-refractivity contribution in [2.75, 3.05) is 6.54 Å². The van der Waals surface area contributed by atoms with Gasteiger partial charge in [0.05, 0.1) is 5.69 Å². The first kappa shape index (κ1) is 15.3. The first-order valence-corrected chi connectivity index (χ1v) is 8.32. The van der Waals surface area contributed by atoms with E-state index in [1.165, 1.54) is 28.9 Å². The van der Waals surface area contributed by atoms with Gasteiger partial charge in [-0.25, -0.2) is 0 Å². The Kier molecular flexibility index (Phi) is 5.38. The minimum absolute atomic E-state index is 0.459. The van der Waals surface area contributed by atoms with Crippen LogP contribution in [0.1, 0.15) is 48.3 Å². The van der Waals surface area contributed by atoms with Crippen molar-refractivity contribution in [3.05, 3.63) is 39.3 Å². The highest BCUT2D eigenvalue weighted by Gasteiger charge is 2.15. The zero-order valence-corrected chi connectivity index (χ0v) is 13.8. The average Bonchev–Trinajstić information content (AvgIpc) is 3.02. The third-order valence-corrected chi connectivity index (χ3v) is 4.63. The summed E-state index contributed by atoms with van der Waals surface area (Å²) in [5.41, 5.74) is 5.29. The lowest BCUT2D eigenvalue weighted by Crippen LogP contribution is -2.22. The Labute approximate surface area is 126 Å². The largest absolute Gasteiger partial charge is 0.310 e. The lowest BCUT2D eigenvalue weighted by Gasteiger charge is -2.17. The Bertz CT molecular complexity index is 528. The summed E-state index contributed by atoms with van der Waals surface area (Å²) in [4.78, 5) is 0. The molecule has 0 saturated heterocycles. The number of nitrogens with one attached hydrogen (secondary N) is 1. The van der Waals surface area contributed by atoms with Crippen molar-refractivity contribution in [3.8, 4) is 0 Å². The number of hydrogen-bond acceptors (Lipinski definition) is 3. The summed E-state index contributed by atoms with van der Waals surface area (Å²) >= 11 is 1.78. The minimum Gasteiger partial charge on any atom is -0.310 e. The van der Waals surface area contributed by atoms with Gasteiger partial charge in [0.1, 0.15) is 0 Å². The summed E-state index contributed by atoms with van der Waals surface area (Å²) in [6.07, 6.45) is 3.39. The average molecular weight is 291 g/mol. The highest BCUT2D eigenvalue weighted by atomic mass is 32.1. The van der Waals surface area contributed by atoms with Crippen LogP contribution in [0.5, 0.6) is 0 Å². The zero-order chi connectivity index (χ0) is 14.5. The molecule has 0 aliphatic rings. The van der Waals surface area contributed by atoms with E-state index in [1.54, 1.807) is 11.3 Å². The Morgan fingerprint density at radius 2 is 2.20 bits per heavy atom. The monoisotopic (exact) mass is 291 g/mol. The van der Waals surface area contributed by atoms with Gasteiger partial charge in [0.2, 0.25) is 0 Å². The van der Waals surface area contributed by atoms with Crippen molar-refractivity contribution in [1.29, 1.82) is 0 Å². The van der Waals surface area contributed by atoms with Gasteiger partial charge in [-0.05, 0) is 67.6 Å². The van der Waals surface area contributed by atoms with Crippen LogP contribution in [-0.4, -0.2) is 16.3 Å². The quantitative estimate of drug-likeness (QED) is 0.841. The van der Waals surface area contributed by atoms with Crippen molar-refractivity contribution in [2.24, 2.45) is 7.05 Å². The van der Waals surface area contributed by atoms with Crippen molar-refractivity contribution in [2.45, 2.75) is 46.1 Å². The van der Waals surface area contributed by atoms with E-state index in [2.05, 4.69) is 48.0 Å². The molecule has 2 aromatic heterocycles. The van der Waals surface area contributed by atoms with Gasteiger partial charge < -0.3 is 5.32 Å². The SMILES string of the molecule is CCCNC(CCc1c(C)nn(C)c1C)c1ccsc1. The molecule has 2 rings (SSSR count). The maximum atomic E-state index is 4.51. The zero-order valence-electron chi connectivity index (χ0n) is 12.9. The van der Waals surface area contributed by atoms with E-state index in [9.17, 15) is 0 Å². The maximum Gasteiger partial charge on any atom is 0.0628 e. The smallest absolute Gasteiger partial charge is 0.0628 e. The van der Waals surface area contributed by atoms with E-state index >= 15 is 0 Å². The van der Waals surface area contributed by atoms with Crippen molar-refractivity contribution >= 4 is 11.3 Å². The van der Waals surface area contributed by atoms with Gasteiger partial charge >= 0.3 is 0 Å². The summed E-state index contributed by atoms with van der Waals surface area (Å²) in [7, 11) is 2.03. The molecule has 2 heterocycles. The maximum absolute atomic E-state index is 4.51. The first-order chi connectivity index (χ1) is 9.63. The molecule has 2 aromatic rings. The highest BCUT2D eigenvalue weighted by Crippen LogP contribution is 2.23. The van der Waals surface area contributed by atoms with Crippen LogP contribution in [0.25, 0.3) is 0 Å². The molecule has 0 saturated carbocycles. The van der Waals surface area contributed by atoms with E-state index in [-0.39, 0.29) is 0 Å². The predicted octanol–water partition coefficient (Wildman–Crippen LogP) is 3.77. The molecule has 0 aromatic carbocycles. The van der Waals surface area contributed by atoms with Gasteiger partial charge in [-0.1, -0.05) is 6.92 Å². The number of nitrogens with zero attached hydrogens (tertiary/aromatic N) is 2. The third kappa shape index (κ3) is 3.49. The molecule has 0 bridgehead atoms. The summed E-state index contributed by atoms with van der Waals surface area (Å²) in [5, 5.41) is 12.6. The molecule has 20 heavy (non-hydrogen) atoms. The molecule has 110 valence electrons. The van der Waals surface area contributed by atoms with E-state index in [1.807, 2.05) is 11.7 Å². The molecule has 4 heteroatoms. The summed E-state index contributed by atoms with van der Waals surface area (Å²) in [6, 6.07) is 2.70. The fourth-order valence-electron chi connectivity index (χ4n) is 2.65. The van der Waals surface area contributed by atoms with Gasteiger partial charge in [0.25, 0.3) is 0 Å². The lowest BCUT2D eigenvalue weighted by atomic mass is 10.00. The number of aryl methyl sites for hydroxylation is 2. The van der Waals surface area contributed by atoms with Crippen LogP contribution in [0, 0.1) is 13.8 Å². The van der Waals surface area contributed by atoms with Gasteiger partial charge in [-0.3, -0.25) is 4.68 Å². The molecule has 0 spiro atoms. The molecular weight excluding hydrogens is 266 g/mol. The predicted molar refractivity (Wildman–Crippen MR) is 86.4 cm³/mol. The number of aromatic nitrogens is 2. The van der Waals surface area contributed by atoms with Crippen molar-refractivity contribution in [3.63, 3.8) is 0 Å². The van der Waals surface area contributed by atoms with Crippen LogP contribution >= 0.6 is 11.3 Å². The molecule has 0 radical (unpaired) electrons. The fourth-order valence-corrected chi connectivity index (χ4v) is 3.36. The van der Waals surface area contributed by atoms with Crippen molar-refractivity contribution in [1.82, 2.24) is 15.1 Å². The Balaban J connectivity index is 2.05. The first-order valence-electron chi connectivity index (χ1n) is 7.38. The Morgan fingerprint density at radius 3 is 2.75 bits per heavy atom. The summed E-state index contributed by atoms with van der Waals surface area (Å²) in [5.74, 6) is 0. The van der Waals surface area contributed by atoms with E-state index in [0.717, 1.165) is 19.4 Å². The second kappa shape index (κ2) is 7.04. The van der Waals surface area contributed by atoms with Crippen LogP contribution in [0.2, 0.25) is 0 Å². The molecule has 0 fully saturated rings. The molecular formula is C16H25N3S. The molecule has 1 unspecified atom stereocenters. The standard InChI is InChI=1S/C16H25N3S/c1-5-9-17-16(14-8-10-20-11-14)7-6-15-12(2)18-19(4)13(15)3/h8,10-11,16-17H,5-7,9H2,1-4H3.